The van der Waals surface area contributed by atoms with Crippen LogP contribution < -0.4 is 0 Å². The number of nitrogens with zero attached hydrogens (tertiary/aromatic N) is 3. The van der Waals surface area contributed by atoms with Crippen molar-refractivity contribution >= 4 is 40.7 Å². The van der Waals surface area contributed by atoms with Crippen LogP contribution in [0.25, 0.3) is 11.0 Å². The molecule has 0 aliphatic carbocycles. The summed E-state index contributed by atoms with van der Waals surface area (Å²) in [6.07, 6.45) is -0.455. The number of carbonyl (C=O) groups is 3. The highest BCUT2D eigenvalue weighted by Crippen LogP contribution is 2.39. The molecule has 0 spiro atoms. The Hall–Kier alpha value is -2.73. The molecule has 29 heavy (non-hydrogen) atoms. The van der Waals surface area contributed by atoms with E-state index in [9.17, 15) is 14.4 Å². The van der Waals surface area contributed by atoms with Gasteiger partial charge in [-0.3, -0.25) is 19.5 Å². The van der Waals surface area contributed by atoms with Crippen molar-refractivity contribution in [1.82, 2.24) is 20.2 Å². The number of H-pyrrole nitrogens is 1. The number of aromatic nitrogens is 4. The van der Waals surface area contributed by atoms with Gasteiger partial charge in [0.15, 0.2) is 12.2 Å². The van der Waals surface area contributed by atoms with Crippen LogP contribution in [-0.2, 0) is 33.3 Å². The Balaban J connectivity index is 2.02. The highest BCUT2D eigenvalue weighted by molar-refractivity contribution is 7.98. The van der Waals surface area contributed by atoms with Crippen LogP contribution in [-0.4, -0.2) is 69.2 Å². The molecule has 0 aromatic carbocycles. The third-order valence-corrected chi connectivity index (χ3v) is 4.86. The monoisotopic (exact) mass is 424 g/mol. The summed E-state index contributed by atoms with van der Waals surface area (Å²) in [5.41, 5.74) is 1.46. The van der Waals surface area contributed by atoms with E-state index in [2.05, 4.69) is 20.2 Å². The second-order valence-electron chi connectivity index (χ2n) is 6.26. The molecule has 1 aliphatic heterocycles. The second kappa shape index (κ2) is 8.74. The van der Waals surface area contributed by atoms with Crippen LogP contribution in [0.1, 0.15) is 32.6 Å². The zero-order valence-corrected chi connectivity index (χ0v) is 17.0. The minimum absolute atomic E-state index is 0.182. The summed E-state index contributed by atoms with van der Waals surface area (Å²) in [5.74, 6) is -1.70. The van der Waals surface area contributed by atoms with Gasteiger partial charge in [0.1, 0.15) is 41.2 Å². The maximum absolute atomic E-state index is 11.7. The Bertz CT molecular complexity index is 934. The van der Waals surface area contributed by atoms with E-state index < -0.39 is 42.3 Å². The smallest absolute Gasteiger partial charge is 0.303 e. The lowest BCUT2D eigenvalue weighted by atomic mass is 10.0. The minimum Gasteiger partial charge on any atom is -0.463 e. The number of ether oxygens (including phenoxy) is 4. The fourth-order valence-electron chi connectivity index (χ4n) is 3.13. The number of aromatic amines is 1. The summed E-state index contributed by atoms with van der Waals surface area (Å²) < 4.78 is 21.8. The minimum atomic E-state index is -0.992. The van der Waals surface area contributed by atoms with Crippen molar-refractivity contribution in [1.29, 1.82) is 0 Å². The molecule has 0 radical (unpaired) electrons. The number of fused-ring (bicyclic) bond motifs is 1. The molecule has 156 valence electrons. The van der Waals surface area contributed by atoms with Crippen molar-refractivity contribution in [3.63, 3.8) is 0 Å². The molecule has 2 aromatic rings. The molecule has 2 aromatic heterocycles. The number of nitrogens with one attached hydrogen (secondary N) is 1. The summed E-state index contributed by atoms with van der Waals surface area (Å²) in [4.78, 5) is 43.0. The number of carbonyl (C=O) groups excluding carboxylic acids is 3. The molecule has 0 bridgehead atoms. The number of hydrogen-bond acceptors (Lipinski definition) is 11. The lowest BCUT2D eigenvalue weighted by Crippen LogP contribution is -2.40. The summed E-state index contributed by atoms with van der Waals surface area (Å²) >= 11 is 1.40. The van der Waals surface area contributed by atoms with Gasteiger partial charge < -0.3 is 18.9 Å². The van der Waals surface area contributed by atoms with Crippen molar-refractivity contribution in [3.8, 4) is 0 Å². The summed E-state index contributed by atoms with van der Waals surface area (Å²) in [6, 6.07) is 0. The highest BCUT2D eigenvalue weighted by atomic mass is 32.2. The Morgan fingerprint density at radius 1 is 1.07 bits per heavy atom. The molecular weight excluding hydrogens is 404 g/mol. The van der Waals surface area contributed by atoms with Crippen molar-refractivity contribution < 1.29 is 33.3 Å². The van der Waals surface area contributed by atoms with Gasteiger partial charge in [-0.1, -0.05) is 0 Å². The molecule has 4 atom stereocenters. The van der Waals surface area contributed by atoms with Gasteiger partial charge in [0.2, 0.25) is 0 Å². The van der Waals surface area contributed by atoms with E-state index in [1.807, 2.05) is 6.26 Å². The quantitative estimate of drug-likeness (QED) is 0.306. The average Bonchev–Trinajstić information content (AvgIpc) is 3.21. The predicted octanol–water partition coefficient (Wildman–Crippen LogP) is 0.941. The van der Waals surface area contributed by atoms with Crippen LogP contribution in [0.3, 0.4) is 0 Å². The molecule has 1 fully saturated rings. The molecule has 12 heteroatoms. The van der Waals surface area contributed by atoms with Gasteiger partial charge in [-0.15, -0.1) is 11.8 Å². The summed E-state index contributed by atoms with van der Waals surface area (Å²) in [6.45, 7) is 3.53. The number of thioether (sulfide) groups is 1. The first-order valence-electron chi connectivity index (χ1n) is 8.68. The molecule has 11 nitrogen and oxygen atoms in total. The Kier molecular flexibility index (Phi) is 6.33. The van der Waals surface area contributed by atoms with E-state index in [0.29, 0.717) is 21.8 Å². The molecule has 3 heterocycles. The third-order valence-electron chi connectivity index (χ3n) is 4.17. The normalized spacial score (nSPS) is 23.7. The van der Waals surface area contributed by atoms with Gasteiger partial charge in [-0.05, 0) is 6.26 Å². The number of rotatable bonds is 6. The fourth-order valence-corrected chi connectivity index (χ4v) is 3.61. The molecule has 1 saturated heterocycles. The molecule has 0 unspecified atom stereocenters. The van der Waals surface area contributed by atoms with Gasteiger partial charge in [0.05, 0.1) is 5.69 Å². The molecule has 1 N–H and O–H groups in total. The van der Waals surface area contributed by atoms with Crippen LogP contribution in [0, 0.1) is 0 Å². The Morgan fingerprint density at radius 3 is 2.38 bits per heavy atom. The average molecular weight is 424 g/mol. The van der Waals surface area contributed by atoms with Crippen LogP contribution >= 0.6 is 11.8 Å². The predicted molar refractivity (Wildman–Crippen MR) is 98.8 cm³/mol. The molecule has 0 saturated carbocycles. The summed E-state index contributed by atoms with van der Waals surface area (Å²) in [7, 11) is 0. The standard InChI is InChI=1S/C17H20N4O7S/c1-7(22)25-5-10-14(26-8(2)23)16(27-9(3)24)15(28-10)12-11-13(21-20-12)17(29-4)19-6-18-11/h6,10,14-16H,5H2,1-4H3,(H,20,21)/t10-,14-,15+,16+/m1/s1. The van der Waals surface area contributed by atoms with E-state index in [-0.39, 0.29) is 6.61 Å². The van der Waals surface area contributed by atoms with Crippen molar-refractivity contribution in [2.45, 2.75) is 50.2 Å². The molecular formula is C17H20N4O7S. The van der Waals surface area contributed by atoms with Crippen LogP contribution in [0.5, 0.6) is 0 Å². The maximum atomic E-state index is 11.7. The lowest BCUT2D eigenvalue weighted by Gasteiger charge is -2.23. The van der Waals surface area contributed by atoms with Gasteiger partial charge in [0, 0.05) is 20.8 Å². The molecule has 1 aliphatic rings. The fraction of sp³-hybridized carbons (Fsp3) is 0.529. The maximum Gasteiger partial charge on any atom is 0.303 e. The van der Waals surface area contributed by atoms with Gasteiger partial charge >= 0.3 is 17.9 Å². The second-order valence-corrected chi connectivity index (χ2v) is 7.06. The lowest BCUT2D eigenvalue weighted by molar-refractivity contribution is -0.165. The Labute approximate surface area is 169 Å². The zero-order valence-electron chi connectivity index (χ0n) is 16.2. The van der Waals surface area contributed by atoms with Crippen molar-refractivity contribution in [2.75, 3.05) is 12.9 Å². The van der Waals surface area contributed by atoms with E-state index in [1.54, 1.807) is 0 Å². The summed E-state index contributed by atoms with van der Waals surface area (Å²) in [5, 5.41) is 7.77. The van der Waals surface area contributed by atoms with E-state index in [1.165, 1.54) is 38.9 Å². The SMILES string of the molecule is CSc1ncnc2c([C@@H]3O[C@H](COC(C)=O)[C@@H](OC(C)=O)[C@@H]3OC(C)=O)[nH]nc12. The molecule has 0 amide bonds. The van der Waals surface area contributed by atoms with Gasteiger partial charge in [0.25, 0.3) is 0 Å². The van der Waals surface area contributed by atoms with E-state index in [0.717, 1.165) is 0 Å². The first-order chi connectivity index (χ1) is 13.8. The first kappa shape index (κ1) is 21.0. The molecule has 3 rings (SSSR count). The van der Waals surface area contributed by atoms with Crippen LogP contribution in [0.4, 0.5) is 0 Å². The van der Waals surface area contributed by atoms with Gasteiger partial charge in [-0.25, -0.2) is 9.97 Å². The van der Waals surface area contributed by atoms with Crippen LogP contribution in [0.2, 0.25) is 0 Å². The van der Waals surface area contributed by atoms with E-state index >= 15 is 0 Å². The van der Waals surface area contributed by atoms with Crippen molar-refractivity contribution in [3.05, 3.63) is 12.0 Å². The van der Waals surface area contributed by atoms with Crippen LogP contribution in [0.15, 0.2) is 11.4 Å². The highest BCUT2D eigenvalue weighted by Gasteiger charge is 2.51. The van der Waals surface area contributed by atoms with E-state index in [4.69, 9.17) is 18.9 Å². The topological polar surface area (TPSA) is 143 Å². The van der Waals surface area contributed by atoms with Crippen molar-refractivity contribution in [2.24, 2.45) is 0 Å². The first-order valence-corrected chi connectivity index (χ1v) is 9.90. The largest absolute Gasteiger partial charge is 0.463 e. The number of hydrogen-bond donors (Lipinski definition) is 1. The Morgan fingerprint density at radius 2 is 1.76 bits per heavy atom. The third kappa shape index (κ3) is 4.48. The van der Waals surface area contributed by atoms with Gasteiger partial charge in [-0.2, -0.15) is 5.10 Å². The number of esters is 3. The zero-order chi connectivity index (χ0) is 21.1.